The van der Waals surface area contributed by atoms with Crippen molar-refractivity contribution in [2.24, 2.45) is 0 Å². The van der Waals surface area contributed by atoms with Crippen molar-refractivity contribution >= 4 is 5.91 Å². The van der Waals surface area contributed by atoms with Crippen LogP contribution in [0.4, 0.5) is 0 Å². The average Bonchev–Trinajstić information content (AvgIpc) is 3.25. The number of ether oxygens (including phenoxy) is 2. The highest BCUT2D eigenvalue weighted by Crippen LogP contribution is 2.22. The van der Waals surface area contributed by atoms with E-state index < -0.39 is 49.5 Å². The maximum atomic E-state index is 13.0. The maximum absolute atomic E-state index is 13.0. The van der Waals surface area contributed by atoms with Gasteiger partial charge >= 0.3 is 0 Å². The molecule has 0 aromatic carbocycles. The molecule has 1 heterocycles. The summed E-state index contributed by atoms with van der Waals surface area (Å²) >= 11 is 0. The molecule has 0 saturated carbocycles. The van der Waals surface area contributed by atoms with Gasteiger partial charge in [0.15, 0.2) is 6.29 Å². The molecule has 9 heteroatoms. The van der Waals surface area contributed by atoms with Crippen LogP contribution in [0.25, 0.3) is 0 Å². The van der Waals surface area contributed by atoms with Gasteiger partial charge in [0.05, 0.1) is 25.4 Å². The highest BCUT2D eigenvalue weighted by molar-refractivity contribution is 5.76. The number of rotatable bonds is 41. The van der Waals surface area contributed by atoms with E-state index in [1.165, 1.54) is 128 Å². The Bertz CT molecular complexity index is 1080. The molecule has 1 saturated heterocycles. The maximum Gasteiger partial charge on any atom is 0.220 e. The van der Waals surface area contributed by atoms with Gasteiger partial charge in [-0.25, -0.2) is 0 Å². The van der Waals surface area contributed by atoms with Crippen molar-refractivity contribution in [1.29, 1.82) is 0 Å². The summed E-state index contributed by atoms with van der Waals surface area (Å²) in [5.41, 5.74) is 0. The van der Waals surface area contributed by atoms with E-state index >= 15 is 0 Å². The van der Waals surface area contributed by atoms with Crippen LogP contribution >= 0.6 is 0 Å². The average molecular weight is 848 g/mol. The smallest absolute Gasteiger partial charge is 0.220 e. The predicted molar refractivity (Wildman–Crippen MR) is 249 cm³/mol. The molecule has 7 unspecified atom stereocenters. The van der Waals surface area contributed by atoms with Crippen molar-refractivity contribution in [2.75, 3.05) is 13.2 Å². The summed E-state index contributed by atoms with van der Waals surface area (Å²) in [6.45, 7) is 3.74. The molecule has 9 nitrogen and oxygen atoms in total. The number of unbranched alkanes of at least 4 members (excludes halogenated alkanes) is 25. The van der Waals surface area contributed by atoms with E-state index in [0.29, 0.717) is 6.42 Å². The van der Waals surface area contributed by atoms with Crippen LogP contribution in [0.2, 0.25) is 0 Å². The molecule has 0 radical (unpaired) electrons. The van der Waals surface area contributed by atoms with E-state index in [0.717, 1.165) is 64.2 Å². The lowest BCUT2D eigenvalue weighted by atomic mass is 9.99. The molecule has 1 amide bonds. The molecule has 0 aliphatic carbocycles. The summed E-state index contributed by atoms with van der Waals surface area (Å²) in [5.74, 6) is -0.196. The summed E-state index contributed by atoms with van der Waals surface area (Å²) in [5, 5.41) is 54.2. The number of nitrogens with one attached hydrogen (secondary N) is 1. The first-order chi connectivity index (χ1) is 29.3. The second-order valence-electron chi connectivity index (χ2n) is 17.2. The number of aliphatic hydroxyl groups is 5. The third kappa shape index (κ3) is 31.1. The summed E-state index contributed by atoms with van der Waals surface area (Å²) in [4.78, 5) is 13.0. The molecule has 0 spiro atoms. The molecule has 1 aliphatic rings. The summed E-state index contributed by atoms with van der Waals surface area (Å²) in [6.07, 6.45) is 45.9. The molecular formula is C51H93NO8. The lowest BCUT2D eigenvalue weighted by molar-refractivity contribution is -0.302. The first-order valence-electron chi connectivity index (χ1n) is 24.9. The highest BCUT2D eigenvalue weighted by atomic mass is 16.7. The number of allylic oxidation sites excluding steroid dienone is 7. The summed E-state index contributed by atoms with van der Waals surface area (Å²) in [7, 11) is 0. The molecule has 1 aliphatic heterocycles. The first-order valence-corrected chi connectivity index (χ1v) is 24.9. The Labute approximate surface area is 367 Å². The molecule has 0 bridgehead atoms. The van der Waals surface area contributed by atoms with Crippen LogP contribution in [0.1, 0.15) is 213 Å². The minimum Gasteiger partial charge on any atom is -0.394 e. The van der Waals surface area contributed by atoms with Gasteiger partial charge in [0, 0.05) is 6.42 Å². The third-order valence-electron chi connectivity index (χ3n) is 11.6. The molecular weight excluding hydrogens is 755 g/mol. The van der Waals surface area contributed by atoms with Gasteiger partial charge in [-0.05, 0) is 70.6 Å². The van der Waals surface area contributed by atoms with Crippen LogP contribution in [0.5, 0.6) is 0 Å². The van der Waals surface area contributed by atoms with Crippen molar-refractivity contribution in [2.45, 2.75) is 256 Å². The van der Waals surface area contributed by atoms with Crippen molar-refractivity contribution in [3.8, 4) is 0 Å². The lowest BCUT2D eigenvalue weighted by Gasteiger charge is -2.40. The Morgan fingerprint density at radius 3 is 1.40 bits per heavy atom. The van der Waals surface area contributed by atoms with E-state index in [-0.39, 0.29) is 12.5 Å². The van der Waals surface area contributed by atoms with Gasteiger partial charge in [0.25, 0.3) is 0 Å². The van der Waals surface area contributed by atoms with Gasteiger partial charge in [-0.15, -0.1) is 0 Å². The Kier molecular flexibility index (Phi) is 38.5. The fourth-order valence-corrected chi connectivity index (χ4v) is 7.59. The Morgan fingerprint density at radius 2 is 0.950 bits per heavy atom. The van der Waals surface area contributed by atoms with Gasteiger partial charge in [0.2, 0.25) is 5.91 Å². The zero-order valence-electron chi connectivity index (χ0n) is 38.5. The topological polar surface area (TPSA) is 149 Å². The van der Waals surface area contributed by atoms with Gasteiger partial charge in [-0.3, -0.25) is 4.79 Å². The Morgan fingerprint density at radius 1 is 0.550 bits per heavy atom. The van der Waals surface area contributed by atoms with Crippen LogP contribution in [-0.4, -0.2) is 87.5 Å². The number of carbonyl (C=O) groups excluding carboxylic acids is 1. The minimum atomic E-state index is -1.58. The van der Waals surface area contributed by atoms with E-state index in [2.05, 4.69) is 55.6 Å². The van der Waals surface area contributed by atoms with E-state index in [1.54, 1.807) is 6.08 Å². The highest BCUT2D eigenvalue weighted by Gasteiger charge is 2.44. The number of amides is 1. The van der Waals surface area contributed by atoms with Crippen LogP contribution in [0, 0.1) is 0 Å². The van der Waals surface area contributed by atoms with Gasteiger partial charge in [-0.1, -0.05) is 184 Å². The molecule has 60 heavy (non-hydrogen) atoms. The molecule has 7 atom stereocenters. The third-order valence-corrected chi connectivity index (χ3v) is 11.6. The standard InChI is InChI=1S/C51H93NO8/c1-3-5-7-9-11-13-15-17-19-20-21-22-23-24-25-27-29-31-33-35-37-39-41-47(55)52-44(43-59-51-50(58)49(57)48(56)46(42-53)60-51)45(54)40-38-36-34-32-30-28-26-18-16-14-12-10-8-6-4-2/h16,18,23-24,30,32,38,40,44-46,48-51,53-54,56-58H,3-15,17,19-22,25-29,31,33-37,39,41-43H2,1-2H3,(H,52,55)/b18-16+,24-23-,32-30+,40-38+. The van der Waals surface area contributed by atoms with Crippen LogP contribution in [0.15, 0.2) is 48.6 Å². The minimum absolute atomic E-state index is 0.196. The van der Waals surface area contributed by atoms with Crippen molar-refractivity contribution in [1.82, 2.24) is 5.32 Å². The number of hydrogen-bond acceptors (Lipinski definition) is 8. The molecule has 1 fully saturated rings. The quantitative estimate of drug-likeness (QED) is 0.0263. The Hall–Kier alpha value is -1.85. The van der Waals surface area contributed by atoms with E-state index in [9.17, 15) is 30.3 Å². The number of carbonyl (C=O) groups is 1. The number of hydrogen-bond donors (Lipinski definition) is 6. The van der Waals surface area contributed by atoms with Crippen molar-refractivity contribution in [3.05, 3.63) is 48.6 Å². The summed E-state index contributed by atoms with van der Waals surface area (Å²) < 4.78 is 11.2. The predicted octanol–water partition coefficient (Wildman–Crippen LogP) is 11.0. The molecule has 0 aromatic heterocycles. The second-order valence-corrected chi connectivity index (χ2v) is 17.2. The lowest BCUT2D eigenvalue weighted by Crippen LogP contribution is -2.60. The van der Waals surface area contributed by atoms with Crippen LogP contribution in [0.3, 0.4) is 0 Å². The van der Waals surface area contributed by atoms with E-state index in [1.807, 2.05) is 6.08 Å². The normalized spacial score (nSPS) is 20.9. The monoisotopic (exact) mass is 848 g/mol. The molecule has 350 valence electrons. The molecule has 1 rings (SSSR count). The Balaban J connectivity index is 2.32. The van der Waals surface area contributed by atoms with Gasteiger partial charge in [-0.2, -0.15) is 0 Å². The zero-order chi connectivity index (χ0) is 43.7. The fourth-order valence-electron chi connectivity index (χ4n) is 7.59. The SMILES string of the molecule is CCCCCCC/C=C/CC/C=C/CC/C=C/C(O)C(COC1OC(CO)C(O)C(O)C1O)NC(=O)CCCCCCCCC/C=C\CCCCCCCCCCCCC. The van der Waals surface area contributed by atoms with Crippen LogP contribution in [-0.2, 0) is 14.3 Å². The van der Waals surface area contributed by atoms with Gasteiger partial charge in [0.1, 0.15) is 24.4 Å². The fraction of sp³-hybridized carbons (Fsp3) is 0.824. The summed E-state index contributed by atoms with van der Waals surface area (Å²) in [6, 6.07) is -0.830. The largest absolute Gasteiger partial charge is 0.394 e. The van der Waals surface area contributed by atoms with E-state index in [4.69, 9.17) is 9.47 Å². The first kappa shape index (κ1) is 56.2. The second kappa shape index (κ2) is 41.2. The van der Waals surface area contributed by atoms with Crippen molar-refractivity contribution in [3.63, 3.8) is 0 Å². The zero-order valence-corrected chi connectivity index (χ0v) is 38.5. The van der Waals surface area contributed by atoms with Crippen molar-refractivity contribution < 1.29 is 39.8 Å². The molecule has 0 aromatic rings. The van der Waals surface area contributed by atoms with Crippen LogP contribution < -0.4 is 5.32 Å². The van der Waals surface area contributed by atoms with Gasteiger partial charge < -0.3 is 40.3 Å². The molecule has 6 N–H and O–H groups in total. The number of aliphatic hydroxyl groups excluding tert-OH is 5.